The first-order valence-electron chi connectivity index (χ1n) is 3.63. The van der Waals surface area contributed by atoms with Crippen LogP contribution in [-0.2, 0) is 0 Å². The second-order valence-electron chi connectivity index (χ2n) is 2.30. The molecular formula is C10H6N2. The van der Waals surface area contributed by atoms with Crippen LogP contribution in [0.2, 0.25) is 0 Å². The van der Waals surface area contributed by atoms with Crippen molar-refractivity contribution in [3.8, 4) is 11.4 Å². The molecule has 12 heavy (non-hydrogen) atoms. The Morgan fingerprint density at radius 2 is 1.33 bits per heavy atom. The summed E-state index contributed by atoms with van der Waals surface area (Å²) in [6.45, 7) is 0. The van der Waals surface area contributed by atoms with Gasteiger partial charge < -0.3 is 0 Å². The molecule has 2 nitrogen and oxygen atoms in total. The van der Waals surface area contributed by atoms with Crippen LogP contribution in [-0.4, -0.2) is 9.97 Å². The molecule has 2 aromatic rings. The van der Waals surface area contributed by atoms with Crippen LogP contribution in [0.15, 0.2) is 36.4 Å². The zero-order chi connectivity index (χ0) is 8.23. The van der Waals surface area contributed by atoms with Crippen LogP contribution in [0.5, 0.6) is 0 Å². The fourth-order valence-corrected chi connectivity index (χ4v) is 0.938. The molecule has 0 saturated carbocycles. The highest BCUT2D eigenvalue weighted by atomic mass is 14.7. The summed E-state index contributed by atoms with van der Waals surface area (Å²) in [5.41, 5.74) is 1.66. The molecule has 0 fully saturated rings. The number of hydrogen-bond donors (Lipinski definition) is 0. The van der Waals surface area contributed by atoms with Crippen LogP contribution in [0.3, 0.4) is 0 Å². The topological polar surface area (TPSA) is 25.8 Å². The Hall–Kier alpha value is -1.70. The van der Waals surface area contributed by atoms with Gasteiger partial charge in [-0.25, -0.2) is 9.97 Å². The van der Waals surface area contributed by atoms with E-state index in [0.717, 1.165) is 11.4 Å². The van der Waals surface area contributed by atoms with Crippen LogP contribution in [0.25, 0.3) is 11.4 Å². The Kier molecular flexibility index (Phi) is 1.82. The van der Waals surface area contributed by atoms with Gasteiger partial charge in [0, 0.05) is 0 Å². The van der Waals surface area contributed by atoms with E-state index in [4.69, 9.17) is 0 Å². The van der Waals surface area contributed by atoms with E-state index in [1.807, 2.05) is 24.3 Å². The SMILES string of the molecule is [c]1cccc(-c2ccc[c]n2)n1. The fourth-order valence-electron chi connectivity index (χ4n) is 0.938. The highest BCUT2D eigenvalue weighted by Crippen LogP contribution is 2.10. The Bertz CT molecular complexity index is 305. The summed E-state index contributed by atoms with van der Waals surface area (Å²) in [5.74, 6) is 0. The summed E-state index contributed by atoms with van der Waals surface area (Å²) in [6, 6.07) is 11.1. The van der Waals surface area contributed by atoms with Gasteiger partial charge in [0.05, 0.1) is 23.8 Å². The van der Waals surface area contributed by atoms with Crippen molar-refractivity contribution in [3.63, 3.8) is 0 Å². The summed E-state index contributed by atoms with van der Waals surface area (Å²) < 4.78 is 0. The van der Waals surface area contributed by atoms with E-state index in [1.165, 1.54) is 0 Å². The van der Waals surface area contributed by atoms with E-state index >= 15 is 0 Å². The lowest BCUT2D eigenvalue weighted by molar-refractivity contribution is 1.23. The summed E-state index contributed by atoms with van der Waals surface area (Å²) >= 11 is 0. The van der Waals surface area contributed by atoms with Crippen LogP contribution in [0.4, 0.5) is 0 Å². The molecule has 0 saturated heterocycles. The van der Waals surface area contributed by atoms with Crippen molar-refractivity contribution in [1.82, 2.24) is 9.97 Å². The average molecular weight is 154 g/mol. The largest absolute Gasteiger partial charge is 0.245 e. The van der Waals surface area contributed by atoms with Crippen molar-refractivity contribution in [2.45, 2.75) is 0 Å². The third-order valence-electron chi connectivity index (χ3n) is 1.48. The lowest BCUT2D eigenvalue weighted by Crippen LogP contribution is -1.84. The minimum absolute atomic E-state index is 0.828. The molecule has 0 unspecified atom stereocenters. The van der Waals surface area contributed by atoms with E-state index in [1.54, 1.807) is 12.1 Å². The van der Waals surface area contributed by atoms with E-state index in [0.29, 0.717) is 0 Å². The predicted octanol–water partition coefficient (Wildman–Crippen LogP) is 1.74. The minimum Gasteiger partial charge on any atom is -0.245 e. The molecule has 0 amide bonds. The first kappa shape index (κ1) is 6.98. The van der Waals surface area contributed by atoms with Gasteiger partial charge in [-0.05, 0) is 24.3 Å². The second kappa shape index (κ2) is 3.13. The van der Waals surface area contributed by atoms with Gasteiger partial charge in [-0.3, -0.25) is 0 Å². The normalized spacial score (nSPS) is 9.67. The minimum atomic E-state index is 0.828. The molecule has 0 aliphatic rings. The molecule has 0 N–H and O–H groups in total. The third-order valence-corrected chi connectivity index (χ3v) is 1.48. The van der Waals surface area contributed by atoms with E-state index in [-0.39, 0.29) is 0 Å². The first-order chi connectivity index (χ1) is 5.97. The van der Waals surface area contributed by atoms with Crippen molar-refractivity contribution in [2.24, 2.45) is 0 Å². The molecule has 2 heteroatoms. The van der Waals surface area contributed by atoms with Gasteiger partial charge >= 0.3 is 0 Å². The van der Waals surface area contributed by atoms with Gasteiger partial charge in [-0.1, -0.05) is 12.1 Å². The maximum atomic E-state index is 4.04. The maximum absolute atomic E-state index is 4.04. The molecule has 2 aromatic heterocycles. The maximum Gasteiger partial charge on any atom is 0.0894 e. The molecule has 0 aliphatic carbocycles. The van der Waals surface area contributed by atoms with E-state index in [9.17, 15) is 0 Å². The Balaban J connectivity index is 2.46. The van der Waals surface area contributed by atoms with Gasteiger partial charge in [-0.15, -0.1) is 0 Å². The zero-order valence-electron chi connectivity index (χ0n) is 6.36. The standard InChI is InChI=1S/C10H6N2/c1-3-7-11-9(5-1)10-6-2-4-8-12-10/h1-6H. The zero-order valence-corrected chi connectivity index (χ0v) is 6.36. The smallest absolute Gasteiger partial charge is 0.0894 e. The number of nitrogens with zero attached hydrogens (tertiary/aromatic N) is 2. The Morgan fingerprint density at radius 1 is 0.833 bits per heavy atom. The number of aromatic nitrogens is 2. The molecule has 0 bridgehead atoms. The Morgan fingerprint density at radius 3 is 1.67 bits per heavy atom. The van der Waals surface area contributed by atoms with Crippen molar-refractivity contribution in [1.29, 1.82) is 0 Å². The highest BCUT2D eigenvalue weighted by molar-refractivity contribution is 5.52. The van der Waals surface area contributed by atoms with Crippen LogP contribution in [0.1, 0.15) is 0 Å². The summed E-state index contributed by atoms with van der Waals surface area (Å²) in [6.07, 6.45) is 5.51. The van der Waals surface area contributed by atoms with Crippen molar-refractivity contribution in [3.05, 3.63) is 48.8 Å². The van der Waals surface area contributed by atoms with Crippen LogP contribution >= 0.6 is 0 Å². The van der Waals surface area contributed by atoms with Crippen molar-refractivity contribution < 1.29 is 0 Å². The summed E-state index contributed by atoms with van der Waals surface area (Å²) in [5, 5.41) is 0. The average Bonchev–Trinajstić information content (AvgIpc) is 2.21. The van der Waals surface area contributed by atoms with Gasteiger partial charge in [-0.2, -0.15) is 0 Å². The van der Waals surface area contributed by atoms with Gasteiger partial charge in [0.1, 0.15) is 0 Å². The van der Waals surface area contributed by atoms with Crippen LogP contribution < -0.4 is 0 Å². The molecular weight excluding hydrogens is 148 g/mol. The highest BCUT2D eigenvalue weighted by Gasteiger charge is 1.95. The molecule has 56 valence electrons. The van der Waals surface area contributed by atoms with Crippen molar-refractivity contribution >= 4 is 0 Å². The van der Waals surface area contributed by atoms with Gasteiger partial charge in [0.15, 0.2) is 0 Å². The molecule has 0 spiro atoms. The Labute approximate surface area is 70.9 Å². The van der Waals surface area contributed by atoms with E-state index < -0.39 is 0 Å². The lowest BCUT2D eigenvalue weighted by Gasteiger charge is -1.95. The molecule has 2 radical (unpaired) electrons. The van der Waals surface area contributed by atoms with E-state index in [2.05, 4.69) is 22.4 Å². The van der Waals surface area contributed by atoms with Crippen molar-refractivity contribution in [2.75, 3.05) is 0 Å². The first-order valence-corrected chi connectivity index (χ1v) is 3.63. The quantitative estimate of drug-likeness (QED) is 0.625. The lowest BCUT2D eigenvalue weighted by atomic mass is 10.2. The predicted molar refractivity (Wildman–Crippen MR) is 45.1 cm³/mol. The van der Waals surface area contributed by atoms with Gasteiger partial charge in [0.25, 0.3) is 0 Å². The monoisotopic (exact) mass is 154 g/mol. The second-order valence-corrected chi connectivity index (χ2v) is 2.30. The van der Waals surface area contributed by atoms with Crippen LogP contribution in [0, 0.1) is 12.4 Å². The fraction of sp³-hybridized carbons (Fsp3) is 0. The summed E-state index contributed by atoms with van der Waals surface area (Å²) in [7, 11) is 0. The number of pyridine rings is 2. The number of hydrogen-bond acceptors (Lipinski definition) is 2. The van der Waals surface area contributed by atoms with Gasteiger partial charge in [0.2, 0.25) is 0 Å². The summed E-state index contributed by atoms with van der Waals surface area (Å²) in [4.78, 5) is 8.08. The third kappa shape index (κ3) is 1.32. The molecule has 0 atom stereocenters. The molecule has 2 heterocycles. The molecule has 0 aromatic carbocycles. The molecule has 0 aliphatic heterocycles. The molecule has 2 rings (SSSR count). The number of rotatable bonds is 1.